The lowest BCUT2D eigenvalue weighted by molar-refractivity contribution is -0.384. The first kappa shape index (κ1) is 20.5. The third-order valence-corrected chi connectivity index (χ3v) is 6.49. The second-order valence-corrected chi connectivity index (χ2v) is 8.47. The number of carbonyl (C=O) groups excluding carboxylic acids is 1. The first-order valence-corrected chi connectivity index (χ1v) is 10.9. The number of nitro groups is 1. The average molecular weight is 452 g/mol. The molecule has 33 heavy (non-hydrogen) atoms. The van der Waals surface area contributed by atoms with Gasteiger partial charge in [-0.1, -0.05) is 60.7 Å². The van der Waals surface area contributed by atoms with Gasteiger partial charge < -0.3 is 5.32 Å². The Bertz CT molecular complexity index is 1620. The molecule has 1 aromatic heterocycles. The van der Waals surface area contributed by atoms with Crippen molar-refractivity contribution in [3.63, 3.8) is 0 Å². The fourth-order valence-corrected chi connectivity index (χ4v) is 4.94. The average Bonchev–Trinajstić information content (AvgIpc) is 2.84. The van der Waals surface area contributed by atoms with Crippen molar-refractivity contribution < 1.29 is 9.72 Å². The van der Waals surface area contributed by atoms with Crippen LogP contribution < -0.4 is 10.7 Å². The second-order valence-electron chi connectivity index (χ2n) is 7.42. The molecule has 1 amide bonds. The van der Waals surface area contributed by atoms with Crippen molar-refractivity contribution in [1.29, 1.82) is 0 Å². The molecule has 0 saturated carbocycles. The second kappa shape index (κ2) is 8.29. The molecule has 0 fully saturated rings. The number of amides is 1. The van der Waals surface area contributed by atoms with Crippen LogP contribution in [0.5, 0.6) is 0 Å². The van der Waals surface area contributed by atoms with E-state index in [-0.39, 0.29) is 16.7 Å². The minimum atomic E-state index is -0.549. The number of nitro benzene ring substituents is 1. The number of hydrogen-bond donors (Lipinski definition) is 1. The molecule has 1 N–H and O–H groups in total. The molecule has 0 atom stereocenters. The molecule has 160 valence electrons. The Hall–Kier alpha value is -4.36. The topological polar surface area (TPSA) is 89.3 Å². The van der Waals surface area contributed by atoms with Crippen molar-refractivity contribution in [3.05, 3.63) is 117 Å². The van der Waals surface area contributed by atoms with Crippen molar-refractivity contribution in [2.45, 2.75) is 0 Å². The Morgan fingerprint density at radius 2 is 1.55 bits per heavy atom. The van der Waals surface area contributed by atoms with Gasteiger partial charge in [0.05, 0.1) is 10.5 Å². The van der Waals surface area contributed by atoms with E-state index in [1.165, 1.54) is 35.6 Å². The van der Waals surface area contributed by atoms with Crippen LogP contribution >= 0.6 is 11.3 Å². The predicted molar refractivity (Wildman–Crippen MR) is 132 cm³/mol. The van der Waals surface area contributed by atoms with Gasteiger partial charge in [-0.3, -0.25) is 19.7 Å². The van der Waals surface area contributed by atoms with Crippen LogP contribution in [0.3, 0.4) is 0 Å². The lowest BCUT2D eigenvalue weighted by Gasteiger charge is -2.14. The van der Waals surface area contributed by atoms with Crippen LogP contribution in [0.1, 0.15) is 10.4 Å². The van der Waals surface area contributed by atoms with Gasteiger partial charge in [0.15, 0.2) is 5.43 Å². The number of nitrogens with zero attached hydrogens (tertiary/aromatic N) is 1. The van der Waals surface area contributed by atoms with Crippen LogP contribution in [-0.2, 0) is 0 Å². The highest BCUT2D eigenvalue weighted by atomic mass is 32.1. The number of benzene rings is 4. The molecule has 6 nitrogen and oxygen atoms in total. The third-order valence-electron chi connectivity index (χ3n) is 5.40. The Labute approximate surface area is 191 Å². The molecule has 0 spiro atoms. The van der Waals surface area contributed by atoms with E-state index in [0.29, 0.717) is 16.0 Å². The molecule has 0 radical (unpaired) electrons. The van der Waals surface area contributed by atoms with E-state index in [2.05, 4.69) is 5.32 Å². The van der Waals surface area contributed by atoms with Gasteiger partial charge in [0.25, 0.3) is 11.6 Å². The summed E-state index contributed by atoms with van der Waals surface area (Å²) in [5.74, 6) is -0.522. The highest BCUT2D eigenvalue weighted by Gasteiger charge is 2.20. The molecule has 0 aliphatic heterocycles. The zero-order valence-electron chi connectivity index (χ0n) is 17.1. The van der Waals surface area contributed by atoms with Gasteiger partial charge in [-0.05, 0) is 34.5 Å². The summed E-state index contributed by atoms with van der Waals surface area (Å²) in [5.41, 5.74) is 0.892. The lowest BCUT2D eigenvalue weighted by atomic mass is 9.98. The van der Waals surface area contributed by atoms with Gasteiger partial charge in [-0.15, -0.1) is 11.3 Å². The van der Waals surface area contributed by atoms with E-state index >= 15 is 0 Å². The zero-order valence-corrected chi connectivity index (χ0v) is 18.0. The largest absolute Gasteiger partial charge is 0.313 e. The van der Waals surface area contributed by atoms with Crippen molar-refractivity contribution in [2.24, 2.45) is 0 Å². The van der Waals surface area contributed by atoms with Crippen LogP contribution in [0.25, 0.3) is 32.0 Å². The molecule has 5 rings (SSSR count). The molecular formula is C26H16N2O4S. The molecule has 4 aromatic carbocycles. The van der Waals surface area contributed by atoms with Crippen LogP contribution in [0.15, 0.2) is 95.8 Å². The number of non-ortho nitro benzene ring substituents is 1. The lowest BCUT2D eigenvalue weighted by Crippen LogP contribution is -2.15. The van der Waals surface area contributed by atoms with Crippen molar-refractivity contribution in [3.8, 4) is 11.1 Å². The Morgan fingerprint density at radius 1 is 0.848 bits per heavy atom. The quantitative estimate of drug-likeness (QED) is 0.258. The van der Waals surface area contributed by atoms with Crippen molar-refractivity contribution in [1.82, 2.24) is 0 Å². The first-order valence-electron chi connectivity index (χ1n) is 10.1. The number of hydrogen-bond acceptors (Lipinski definition) is 5. The van der Waals surface area contributed by atoms with Gasteiger partial charge >= 0.3 is 0 Å². The summed E-state index contributed by atoms with van der Waals surface area (Å²) in [7, 11) is 0. The maximum absolute atomic E-state index is 13.6. The van der Waals surface area contributed by atoms with Gasteiger partial charge in [0, 0.05) is 27.8 Å². The van der Waals surface area contributed by atoms with E-state index in [1.54, 1.807) is 6.07 Å². The van der Waals surface area contributed by atoms with E-state index in [1.807, 2.05) is 60.7 Å². The summed E-state index contributed by atoms with van der Waals surface area (Å²) in [4.78, 5) is 37.2. The van der Waals surface area contributed by atoms with Crippen LogP contribution in [-0.4, -0.2) is 10.8 Å². The van der Waals surface area contributed by atoms with Crippen molar-refractivity contribution >= 4 is 48.8 Å². The first-order chi connectivity index (χ1) is 16.0. The van der Waals surface area contributed by atoms with Gasteiger partial charge in [0.2, 0.25) is 0 Å². The molecule has 0 bridgehead atoms. The summed E-state index contributed by atoms with van der Waals surface area (Å²) >= 11 is 1.30. The minimum absolute atomic E-state index is 0.140. The van der Waals surface area contributed by atoms with E-state index in [4.69, 9.17) is 0 Å². The number of anilines is 1. The summed E-state index contributed by atoms with van der Waals surface area (Å²) in [5, 5.41) is 16.8. The fraction of sp³-hybridized carbons (Fsp3) is 0. The number of nitrogens with one attached hydrogen (secondary N) is 1. The molecule has 0 saturated heterocycles. The zero-order chi connectivity index (χ0) is 22.9. The number of rotatable bonds is 4. The number of carbonyl (C=O) groups is 1. The molecule has 7 heteroatoms. The van der Waals surface area contributed by atoms with Crippen LogP contribution in [0.2, 0.25) is 0 Å². The molecule has 5 aromatic rings. The van der Waals surface area contributed by atoms with Crippen molar-refractivity contribution in [2.75, 3.05) is 5.32 Å². The monoisotopic (exact) mass is 452 g/mol. The summed E-state index contributed by atoms with van der Waals surface area (Å²) in [6.45, 7) is 0. The minimum Gasteiger partial charge on any atom is -0.313 e. The summed E-state index contributed by atoms with van der Waals surface area (Å²) < 4.78 is 0.737. The van der Waals surface area contributed by atoms with E-state index in [0.717, 1.165) is 21.0 Å². The number of fused-ring (bicyclic) bond motifs is 2. The summed E-state index contributed by atoms with van der Waals surface area (Å²) in [6.07, 6.45) is 0. The maximum atomic E-state index is 13.6. The fourth-order valence-electron chi connectivity index (χ4n) is 3.85. The maximum Gasteiger partial charge on any atom is 0.270 e. The molecule has 0 unspecified atom stereocenters. The van der Waals surface area contributed by atoms with Crippen LogP contribution in [0, 0.1) is 10.1 Å². The predicted octanol–water partition coefficient (Wildman–Crippen LogP) is 6.24. The van der Waals surface area contributed by atoms with Gasteiger partial charge in [-0.2, -0.15) is 0 Å². The normalized spacial score (nSPS) is 10.9. The van der Waals surface area contributed by atoms with E-state index in [9.17, 15) is 19.7 Å². The molecule has 0 aliphatic carbocycles. The summed E-state index contributed by atoms with van der Waals surface area (Å²) in [6, 6.07) is 26.2. The third kappa shape index (κ3) is 3.75. The van der Waals surface area contributed by atoms with Crippen LogP contribution in [0.4, 0.5) is 10.7 Å². The van der Waals surface area contributed by atoms with E-state index < -0.39 is 10.8 Å². The highest BCUT2D eigenvalue weighted by molar-refractivity contribution is 7.22. The standard InChI is InChI=1S/C26H16N2O4S/c29-24-21-12-3-4-14-22(21)33-26(27-25(30)17-9-5-10-18(15-17)28(31)32)23(24)20-13-6-8-16-7-1-2-11-19(16)20/h1-15H,(H,27,30). The Balaban J connectivity index is 1.72. The van der Waals surface area contributed by atoms with Gasteiger partial charge in [-0.25, -0.2) is 0 Å². The highest BCUT2D eigenvalue weighted by Crippen LogP contribution is 2.37. The van der Waals surface area contributed by atoms with Gasteiger partial charge in [0.1, 0.15) is 5.00 Å². The Morgan fingerprint density at radius 3 is 2.36 bits per heavy atom. The Kier molecular flexibility index (Phi) is 5.16. The molecular weight excluding hydrogens is 436 g/mol. The SMILES string of the molecule is O=C(Nc1sc2ccccc2c(=O)c1-c1cccc2ccccc12)c1cccc([N+](=O)[O-])c1. The smallest absolute Gasteiger partial charge is 0.270 e. The molecule has 1 heterocycles. The molecule has 0 aliphatic rings.